The van der Waals surface area contributed by atoms with E-state index in [1.165, 1.54) is 12.8 Å². The second-order valence-corrected chi connectivity index (χ2v) is 6.45. The smallest absolute Gasteiger partial charge is 0.182 e. The second-order valence-electron chi connectivity index (χ2n) is 6.45. The number of aromatic nitrogens is 1. The van der Waals surface area contributed by atoms with Gasteiger partial charge in [-0.1, -0.05) is 25.1 Å². The molecule has 3 heteroatoms. The number of piperidine rings is 1. The number of fused-ring (bicyclic) bond motifs is 1. The number of aryl methyl sites for hydroxylation is 1. The van der Waals surface area contributed by atoms with Crippen LogP contribution in [0.1, 0.15) is 42.7 Å². The van der Waals surface area contributed by atoms with Crippen molar-refractivity contribution >= 4 is 16.7 Å². The van der Waals surface area contributed by atoms with Crippen molar-refractivity contribution in [1.29, 1.82) is 0 Å². The van der Waals surface area contributed by atoms with Gasteiger partial charge in [-0.15, -0.1) is 0 Å². The molecule has 2 aromatic rings. The lowest BCUT2D eigenvalue weighted by Gasteiger charge is -2.34. The molecule has 3 rings (SSSR count). The zero-order valence-electron chi connectivity index (χ0n) is 13.1. The lowest BCUT2D eigenvalue weighted by atomic mass is 9.95. The van der Waals surface area contributed by atoms with E-state index in [1.54, 1.807) is 0 Å². The summed E-state index contributed by atoms with van der Waals surface area (Å²) in [4.78, 5) is 18.7. The summed E-state index contributed by atoms with van der Waals surface area (Å²) < 4.78 is 0. The van der Waals surface area contributed by atoms with Gasteiger partial charge in [0.2, 0.25) is 0 Å². The monoisotopic (exact) mass is 284 g/mol. The lowest BCUT2D eigenvalue weighted by Crippen LogP contribution is -2.44. The van der Waals surface area contributed by atoms with Crippen molar-refractivity contribution < 1.29 is 4.79 Å². The van der Waals surface area contributed by atoms with E-state index in [4.69, 9.17) is 0 Å². The fourth-order valence-corrected chi connectivity index (χ4v) is 3.55. The van der Waals surface area contributed by atoms with Crippen molar-refractivity contribution in [2.75, 3.05) is 13.1 Å². The number of H-pyrrole nitrogens is 1. The molecule has 0 bridgehead atoms. The normalized spacial score (nSPS) is 21.6. The molecule has 0 unspecified atom stereocenters. The Hall–Kier alpha value is -1.61. The van der Waals surface area contributed by atoms with Crippen molar-refractivity contribution in [3.05, 3.63) is 35.5 Å². The largest absolute Gasteiger partial charge is 0.358 e. The number of aromatic amines is 1. The van der Waals surface area contributed by atoms with Crippen LogP contribution in [-0.2, 0) is 0 Å². The van der Waals surface area contributed by atoms with Crippen LogP contribution >= 0.6 is 0 Å². The number of ketones is 1. The molecule has 0 aliphatic carbocycles. The van der Waals surface area contributed by atoms with Gasteiger partial charge < -0.3 is 4.98 Å². The van der Waals surface area contributed by atoms with Crippen molar-refractivity contribution in [2.45, 2.75) is 39.7 Å². The van der Waals surface area contributed by atoms with Crippen molar-refractivity contribution in [2.24, 2.45) is 5.92 Å². The van der Waals surface area contributed by atoms with Crippen molar-refractivity contribution in [3.63, 3.8) is 0 Å². The maximum atomic E-state index is 13.0. The first-order chi connectivity index (χ1) is 10.1. The number of likely N-dealkylation sites (tertiary alicyclic amines) is 1. The van der Waals surface area contributed by atoms with E-state index >= 15 is 0 Å². The van der Waals surface area contributed by atoms with E-state index in [9.17, 15) is 4.79 Å². The Bertz CT molecular complexity index is 658. The first-order valence-electron chi connectivity index (χ1n) is 7.93. The number of benzene rings is 1. The predicted molar refractivity (Wildman–Crippen MR) is 86.8 cm³/mol. The maximum absolute atomic E-state index is 13.0. The average molecular weight is 284 g/mol. The third-order valence-electron chi connectivity index (χ3n) is 4.76. The third kappa shape index (κ3) is 2.62. The van der Waals surface area contributed by atoms with Gasteiger partial charge in [0, 0.05) is 28.7 Å². The highest BCUT2D eigenvalue weighted by atomic mass is 16.1. The van der Waals surface area contributed by atoms with Gasteiger partial charge in [0.15, 0.2) is 5.78 Å². The molecule has 0 amide bonds. The zero-order valence-corrected chi connectivity index (χ0v) is 13.1. The standard InChI is InChI=1S/C18H24N2O/c1-12-7-6-10-20(11-12)14(3)18(21)17-13(2)19-16-9-5-4-8-15(16)17/h4-5,8-9,12,14,19H,6-7,10-11H2,1-3H3/t12-,14+/m0/s1. The Balaban J connectivity index is 1.91. The molecule has 1 aliphatic heterocycles. The van der Waals surface area contributed by atoms with Crippen LogP contribution in [0.2, 0.25) is 0 Å². The van der Waals surface area contributed by atoms with Gasteiger partial charge in [-0.05, 0) is 45.2 Å². The minimum atomic E-state index is -0.0364. The molecular weight excluding hydrogens is 260 g/mol. The molecule has 1 aliphatic rings. The highest BCUT2D eigenvalue weighted by molar-refractivity contribution is 6.11. The van der Waals surface area contributed by atoms with Crippen LogP contribution in [0.15, 0.2) is 24.3 Å². The third-order valence-corrected chi connectivity index (χ3v) is 4.76. The zero-order chi connectivity index (χ0) is 15.0. The summed E-state index contributed by atoms with van der Waals surface area (Å²) in [5.74, 6) is 0.942. The van der Waals surface area contributed by atoms with Crippen LogP contribution in [0.5, 0.6) is 0 Å². The van der Waals surface area contributed by atoms with Gasteiger partial charge in [-0.25, -0.2) is 0 Å². The highest BCUT2D eigenvalue weighted by Gasteiger charge is 2.28. The van der Waals surface area contributed by atoms with E-state index < -0.39 is 0 Å². The number of rotatable bonds is 3. The summed E-state index contributed by atoms with van der Waals surface area (Å²) in [6, 6.07) is 8.04. The van der Waals surface area contributed by atoms with Gasteiger partial charge in [-0.3, -0.25) is 9.69 Å². The van der Waals surface area contributed by atoms with Crippen LogP contribution in [0.4, 0.5) is 0 Å². The average Bonchev–Trinajstić information content (AvgIpc) is 2.81. The molecule has 2 atom stereocenters. The molecule has 1 N–H and O–H groups in total. The van der Waals surface area contributed by atoms with Crippen LogP contribution in [0.25, 0.3) is 10.9 Å². The number of carbonyl (C=O) groups excluding carboxylic acids is 1. The number of nitrogens with zero attached hydrogens (tertiary/aromatic N) is 1. The summed E-state index contributed by atoms with van der Waals surface area (Å²) in [6.07, 6.45) is 2.48. The Morgan fingerprint density at radius 3 is 2.90 bits per heavy atom. The summed E-state index contributed by atoms with van der Waals surface area (Å²) >= 11 is 0. The van der Waals surface area contributed by atoms with Gasteiger partial charge in [0.1, 0.15) is 0 Å². The Morgan fingerprint density at radius 1 is 1.38 bits per heavy atom. The highest BCUT2D eigenvalue weighted by Crippen LogP contribution is 2.26. The van der Waals surface area contributed by atoms with Crippen LogP contribution in [0, 0.1) is 12.8 Å². The molecule has 0 radical (unpaired) electrons. The minimum absolute atomic E-state index is 0.0364. The first kappa shape index (κ1) is 14.3. The van der Waals surface area contributed by atoms with E-state index in [2.05, 4.69) is 23.7 Å². The van der Waals surface area contributed by atoms with Crippen LogP contribution < -0.4 is 0 Å². The maximum Gasteiger partial charge on any atom is 0.182 e. The minimum Gasteiger partial charge on any atom is -0.358 e. The molecule has 1 fully saturated rings. The Labute approximate surface area is 126 Å². The Morgan fingerprint density at radius 2 is 2.14 bits per heavy atom. The lowest BCUT2D eigenvalue weighted by molar-refractivity contribution is 0.0766. The van der Waals surface area contributed by atoms with E-state index in [1.807, 2.05) is 31.2 Å². The van der Waals surface area contributed by atoms with Crippen LogP contribution in [-0.4, -0.2) is 34.8 Å². The molecule has 0 saturated carbocycles. The summed E-state index contributed by atoms with van der Waals surface area (Å²) in [5, 5.41) is 1.05. The van der Waals surface area contributed by atoms with E-state index in [0.717, 1.165) is 35.2 Å². The summed E-state index contributed by atoms with van der Waals surface area (Å²) in [7, 11) is 0. The van der Waals surface area contributed by atoms with E-state index in [-0.39, 0.29) is 11.8 Å². The molecule has 21 heavy (non-hydrogen) atoms. The number of hydrogen-bond donors (Lipinski definition) is 1. The number of hydrogen-bond acceptors (Lipinski definition) is 2. The second kappa shape index (κ2) is 5.64. The predicted octanol–water partition coefficient (Wildman–Crippen LogP) is 3.78. The Kier molecular flexibility index (Phi) is 3.85. The molecule has 1 saturated heterocycles. The van der Waals surface area contributed by atoms with Crippen molar-refractivity contribution in [3.8, 4) is 0 Å². The number of Topliss-reactive ketones (excluding diaryl/α,β-unsaturated/α-hetero) is 1. The summed E-state index contributed by atoms with van der Waals surface area (Å²) in [5.41, 5.74) is 2.91. The van der Waals surface area contributed by atoms with Gasteiger partial charge in [0.05, 0.1) is 6.04 Å². The molecule has 3 nitrogen and oxygen atoms in total. The fraction of sp³-hybridized carbons (Fsp3) is 0.500. The molecule has 1 aromatic carbocycles. The fourth-order valence-electron chi connectivity index (χ4n) is 3.55. The first-order valence-corrected chi connectivity index (χ1v) is 7.93. The van der Waals surface area contributed by atoms with Gasteiger partial charge in [-0.2, -0.15) is 0 Å². The van der Waals surface area contributed by atoms with Crippen LogP contribution in [0.3, 0.4) is 0 Å². The quantitative estimate of drug-likeness (QED) is 0.871. The van der Waals surface area contributed by atoms with Crippen molar-refractivity contribution in [1.82, 2.24) is 9.88 Å². The number of nitrogens with one attached hydrogen (secondary N) is 1. The topological polar surface area (TPSA) is 36.1 Å². The number of carbonyl (C=O) groups is 1. The molecule has 1 aromatic heterocycles. The molecule has 2 heterocycles. The molecule has 112 valence electrons. The number of para-hydroxylation sites is 1. The molecule has 0 spiro atoms. The van der Waals surface area contributed by atoms with Gasteiger partial charge >= 0.3 is 0 Å². The van der Waals surface area contributed by atoms with E-state index in [0.29, 0.717) is 5.92 Å². The summed E-state index contributed by atoms with van der Waals surface area (Å²) in [6.45, 7) is 8.41. The van der Waals surface area contributed by atoms with Gasteiger partial charge in [0.25, 0.3) is 0 Å². The SMILES string of the molecule is Cc1[nH]c2ccccc2c1C(=O)[C@@H](C)N1CCC[C@H](C)C1. The molecular formula is C18H24N2O.